The monoisotopic (exact) mass is 203 g/mol. The van der Waals surface area contributed by atoms with Gasteiger partial charge in [-0.15, -0.1) is 0 Å². The van der Waals surface area contributed by atoms with E-state index >= 15 is 0 Å². The van der Waals surface area contributed by atoms with Gasteiger partial charge in [-0.1, -0.05) is 11.6 Å². The summed E-state index contributed by atoms with van der Waals surface area (Å²) >= 11 is 5.66. The number of nitrogens with two attached hydrogens (primary N) is 1. The lowest BCUT2D eigenvalue weighted by Gasteiger charge is -2.12. The van der Waals surface area contributed by atoms with Crippen LogP contribution in [-0.4, -0.2) is 5.11 Å². The second kappa shape index (κ2) is 3.52. The Kier molecular flexibility index (Phi) is 2.78. The van der Waals surface area contributed by atoms with E-state index in [4.69, 9.17) is 17.3 Å². The van der Waals surface area contributed by atoms with Crippen LogP contribution in [0.1, 0.15) is 24.1 Å². The van der Waals surface area contributed by atoms with E-state index in [1.54, 1.807) is 13.8 Å². The molecule has 13 heavy (non-hydrogen) atoms. The largest absolute Gasteiger partial charge is 0.506 e. The third-order valence-corrected chi connectivity index (χ3v) is 2.15. The molecule has 0 aliphatic rings. The van der Waals surface area contributed by atoms with Crippen molar-refractivity contribution in [3.05, 3.63) is 28.0 Å². The molecule has 1 atom stereocenters. The molecule has 0 heterocycles. The van der Waals surface area contributed by atoms with E-state index in [1.165, 1.54) is 6.07 Å². The summed E-state index contributed by atoms with van der Waals surface area (Å²) in [6, 6.07) is 0.801. The van der Waals surface area contributed by atoms with Crippen molar-refractivity contribution in [2.24, 2.45) is 5.73 Å². The Hall–Kier alpha value is -0.800. The molecule has 0 spiro atoms. The van der Waals surface area contributed by atoms with Crippen molar-refractivity contribution in [2.75, 3.05) is 0 Å². The van der Waals surface area contributed by atoms with Crippen molar-refractivity contribution in [3.8, 4) is 5.75 Å². The summed E-state index contributed by atoms with van der Waals surface area (Å²) in [6.07, 6.45) is 0. The lowest BCUT2D eigenvalue weighted by molar-refractivity contribution is 0.451. The molecule has 0 radical (unpaired) electrons. The Morgan fingerprint density at radius 1 is 1.62 bits per heavy atom. The maximum atomic E-state index is 13.4. The Morgan fingerprint density at radius 3 is 2.62 bits per heavy atom. The van der Waals surface area contributed by atoms with Gasteiger partial charge in [-0.2, -0.15) is 0 Å². The minimum absolute atomic E-state index is 0.0741. The molecular weight excluding hydrogens is 193 g/mol. The molecule has 3 N–H and O–H groups in total. The van der Waals surface area contributed by atoms with E-state index in [0.717, 1.165) is 0 Å². The minimum Gasteiger partial charge on any atom is -0.506 e. The zero-order valence-electron chi connectivity index (χ0n) is 7.44. The molecule has 0 bridgehead atoms. The van der Waals surface area contributed by atoms with Gasteiger partial charge in [0.2, 0.25) is 0 Å². The zero-order chi connectivity index (χ0) is 10.2. The molecule has 72 valence electrons. The predicted octanol–water partition coefficient (Wildman–Crippen LogP) is 2.51. The summed E-state index contributed by atoms with van der Waals surface area (Å²) in [7, 11) is 0. The second-order valence-electron chi connectivity index (χ2n) is 3.04. The van der Waals surface area contributed by atoms with Gasteiger partial charge in [0.05, 0.1) is 5.02 Å². The molecule has 1 rings (SSSR count). The van der Waals surface area contributed by atoms with Crippen molar-refractivity contribution in [3.63, 3.8) is 0 Å². The number of phenolic OH excluding ortho intramolecular Hbond substituents is 1. The number of benzene rings is 1. The van der Waals surface area contributed by atoms with Gasteiger partial charge in [0.15, 0.2) is 0 Å². The van der Waals surface area contributed by atoms with E-state index in [-0.39, 0.29) is 16.3 Å². The maximum Gasteiger partial charge on any atom is 0.141 e. The van der Waals surface area contributed by atoms with Crippen molar-refractivity contribution in [2.45, 2.75) is 19.9 Å². The van der Waals surface area contributed by atoms with Crippen LogP contribution in [0.3, 0.4) is 0 Å². The third-order valence-electron chi connectivity index (χ3n) is 1.86. The molecule has 0 saturated heterocycles. The molecule has 0 saturated carbocycles. The summed E-state index contributed by atoms with van der Waals surface area (Å²) < 4.78 is 13.4. The Bertz CT molecular complexity index is 313. The molecule has 1 unspecified atom stereocenters. The molecule has 0 amide bonds. The standard InChI is InChI=1S/C9H11ClFNO/c1-4-3-6(10)9(13)7(5(2)12)8(4)11/h3,5,13H,12H2,1-2H3. The summed E-state index contributed by atoms with van der Waals surface area (Å²) in [4.78, 5) is 0. The van der Waals surface area contributed by atoms with Gasteiger partial charge in [0, 0.05) is 11.6 Å². The molecule has 4 heteroatoms. The first-order valence-electron chi connectivity index (χ1n) is 3.88. The van der Waals surface area contributed by atoms with Crippen LogP contribution < -0.4 is 5.73 Å². The average Bonchev–Trinajstić information content (AvgIpc) is 2.01. The van der Waals surface area contributed by atoms with Crippen LogP contribution in [0.5, 0.6) is 5.75 Å². The van der Waals surface area contributed by atoms with Crippen molar-refractivity contribution in [1.29, 1.82) is 0 Å². The molecule has 0 fully saturated rings. The van der Waals surface area contributed by atoms with Crippen LogP contribution in [0.15, 0.2) is 6.07 Å². The van der Waals surface area contributed by atoms with Gasteiger partial charge < -0.3 is 10.8 Å². The van der Waals surface area contributed by atoms with Crippen molar-refractivity contribution >= 4 is 11.6 Å². The average molecular weight is 204 g/mol. The van der Waals surface area contributed by atoms with Gasteiger partial charge in [-0.25, -0.2) is 4.39 Å². The predicted molar refractivity (Wildman–Crippen MR) is 50.4 cm³/mol. The minimum atomic E-state index is -0.572. The van der Waals surface area contributed by atoms with Crippen molar-refractivity contribution in [1.82, 2.24) is 0 Å². The second-order valence-corrected chi connectivity index (χ2v) is 3.45. The van der Waals surface area contributed by atoms with Crippen LogP contribution in [0.2, 0.25) is 5.02 Å². The number of hydrogen-bond donors (Lipinski definition) is 2. The fourth-order valence-electron chi connectivity index (χ4n) is 1.18. The fraction of sp³-hybridized carbons (Fsp3) is 0.333. The summed E-state index contributed by atoms with van der Waals surface area (Å²) in [5, 5.41) is 9.55. The van der Waals surface area contributed by atoms with E-state index in [2.05, 4.69) is 0 Å². The highest BCUT2D eigenvalue weighted by Crippen LogP contribution is 2.34. The first kappa shape index (κ1) is 10.3. The van der Waals surface area contributed by atoms with Gasteiger partial charge in [-0.05, 0) is 25.5 Å². The van der Waals surface area contributed by atoms with Gasteiger partial charge >= 0.3 is 0 Å². The highest BCUT2D eigenvalue weighted by molar-refractivity contribution is 6.32. The molecule has 1 aromatic carbocycles. The van der Waals surface area contributed by atoms with Crippen LogP contribution in [-0.2, 0) is 0 Å². The zero-order valence-corrected chi connectivity index (χ0v) is 8.19. The number of halogens is 2. The van der Waals surface area contributed by atoms with E-state index in [0.29, 0.717) is 5.56 Å². The van der Waals surface area contributed by atoms with Crippen molar-refractivity contribution < 1.29 is 9.50 Å². The first-order chi connectivity index (χ1) is 5.95. The molecule has 1 aromatic rings. The molecule has 0 aromatic heterocycles. The summed E-state index contributed by atoms with van der Waals surface area (Å²) in [6.45, 7) is 3.17. The Labute approximate surface area is 81.1 Å². The topological polar surface area (TPSA) is 46.2 Å². The van der Waals surface area contributed by atoms with E-state index in [1.807, 2.05) is 0 Å². The quantitative estimate of drug-likeness (QED) is 0.737. The fourth-order valence-corrected chi connectivity index (χ4v) is 1.45. The lowest BCUT2D eigenvalue weighted by Crippen LogP contribution is -2.09. The highest BCUT2D eigenvalue weighted by Gasteiger charge is 2.17. The van der Waals surface area contributed by atoms with Crippen LogP contribution >= 0.6 is 11.6 Å². The number of phenols is 1. The Morgan fingerprint density at radius 2 is 2.15 bits per heavy atom. The SMILES string of the molecule is Cc1cc(Cl)c(O)c(C(C)N)c1F. The molecule has 2 nitrogen and oxygen atoms in total. The van der Waals surface area contributed by atoms with E-state index in [9.17, 15) is 9.50 Å². The molecule has 0 aliphatic heterocycles. The lowest BCUT2D eigenvalue weighted by atomic mass is 10.0. The van der Waals surface area contributed by atoms with Gasteiger partial charge in [0.1, 0.15) is 11.6 Å². The first-order valence-corrected chi connectivity index (χ1v) is 4.26. The number of aromatic hydroxyl groups is 1. The molecular formula is C9H11ClFNO. The normalized spacial score (nSPS) is 13.0. The number of hydrogen-bond acceptors (Lipinski definition) is 2. The maximum absolute atomic E-state index is 13.4. The van der Waals surface area contributed by atoms with E-state index < -0.39 is 11.9 Å². The number of rotatable bonds is 1. The summed E-state index contributed by atoms with van der Waals surface area (Å²) in [5.74, 6) is -0.753. The van der Waals surface area contributed by atoms with Gasteiger partial charge in [-0.3, -0.25) is 0 Å². The van der Waals surface area contributed by atoms with Crippen LogP contribution in [0, 0.1) is 12.7 Å². The third kappa shape index (κ3) is 1.76. The highest BCUT2D eigenvalue weighted by atomic mass is 35.5. The Balaban J connectivity index is 3.46. The number of aryl methyl sites for hydroxylation is 1. The van der Waals surface area contributed by atoms with Gasteiger partial charge in [0.25, 0.3) is 0 Å². The molecule has 0 aliphatic carbocycles. The van der Waals surface area contributed by atoms with Crippen LogP contribution in [0.4, 0.5) is 4.39 Å². The smallest absolute Gasteiger partial charge is 0.141 e. The van der Waals surface area contributed by atoms with Crippen LogP contribution in [0.25, 0.3) is 0 Å². The summed E-state index contributed by atoms with van der Waals surface area (Å²) in [5.41, 5.74) is 5.95.